The molecule has 0 amide bonds. The van der Waals surface area contributed by atoms with Crippen molar-refractivity contribution in [2.24, 2.45) is 0 Å². The van der Waals surface area contributed by atoms with Crippen molar-refractivity contribution in [2.75, 3.05) is 6.61 Å². The molecule has 0 saturated carbocycles. The predicted octanol–water partition coefficient (Wildman–Crippen LogP) is 7.09. The van der Waals surface area contributed by atoms with Crippen molar-refractivity contribution in [1.82, 2.24) is 0 Å². The minimum Gasteiger partial charge on any atom is -0.464 e. The maximum Gasteiger partial charge on any atom is 0.328 e. The van der Waals surface area contributed by atoms with Gasteiger partial charge in [-0.25, -0.2) is 0 Å². The number of hydrogen-bond donors (Lipinski definition) is 0. The predicted molar refractivity (Wildman–Crippen MR) is 114 cm³/mol. The van der Waals surface area contributed by atoms with Crippen molar-refractivity contribution in [2.45, 2.75) is 57.2 Å². The third-order valence-electron chi connectivity index (χ3n) is 4.22. The van der Waals surface area contributed by atoms with Crippen molar-refractivity contribution in [3.63, 3.8) is 0 Å². The van der Waals surface area contributed by atoms with E-state index in [1.807, 2.05) is 30.3 Å². The molecule has 0 radical (unpaired) electrons. The zero-order valence-electron chi connectivity index (χ0n) is 15.2. The van der Waals surface area contributed by atoms with Crippen molar-refractivity contribution in [3.05, 3.63) is 56.2 Å². The average Bonchev–Trinajstić information content (AvgIpc) is 3.02. The molecule has 5 heteroatoms. The zero-order valence-corrected chi connectivity index (χ0v) is 18.3. The Balaban J connectivity index is 1.70. The van der Waals surface area contributed by atoms with Gasteiger partial charge in [-0.1, -0.05) is 56.5 Å². The van der Waals surface area contributed by atoms with E-state index >= 15 is 0 Å². The molecule has 0 fully saturated rings. The number of carbonyl (C=O) groups excluding carboxylic acids is 1. The molecule has 0 N–H and O–H groups in total. The summed E-state index contributed by atoms with van der Waals surface area (Å²) in [7, 11) is 0. The Morgan fingerprint density at radius 2 is 1.92 bits per heavy atom. The number of ether oxygens (including phenoxy) is 1. The fourth-order valence-electron chi connectivity index (χ4n) is 2.75. The summed E-state index contributed by atoms with van der Waals surface area (Å²) in [5.41, 5.74) is 2.18. The number of thiophene rings is 1. The van der Waals surface area contributed by atoms with Gasteiger partial charge in [-0.05, 0) is 58.8 Å². The van der Waals surface area contributed by atoms with Gasteiger partial charge >= 0.3 is 5.97 Å². The highest BCUT2D eigenvalue weighted by atomic mass is 79.9. The first kappa shape index (κ1) is 21.5. The molecule has 0 aliphatic heterocycles. The fourth-order valence-corrected chi connectivity index (χ4v) is 4.86. The lowest BCUT2D eigenvalue weighted by atomic mass is 10.1. The van der Waals surface area contributed by atoms with Gasteiger partial charge in [0.05, 0.1) is 10.4 Å². The van der Waals surface area contributed by atoms with Gasteiger partial charge in [-0.15, -0.1) is 22.9 Å². The summed E-state index contributed by atoms with van der Waals surface area (Å²) >= 11 is 11.6. The summed E-state index contributed by atoms with van der Waals surface area (Å²) in [6, 6.07) is 11.6. The second-order valence-corrected chi connectivity index (χ2v) is 9.26. The number of esters is 1. The second-order valence-electron chi connectivity index (χ2n) is 6.37. The Hall–Kier alpha value is -0.840. The SMILES string of the molecule is CCCCCCc1cc(CCCOC(=O)C(Cl)c2ccccc2)sc1Br. The summed E-state index contributed by atoms with van der Waals surface area (Å²) in [6.45, 7) is 2.63. The molecule has 26 heavy (non-hydrogen) atoms. The van der Waals surface area contributed by atoms with Crippen LogP contribution >= 0.6 is 38.9 Å². The van der Waals surface area contributed by atoms with E-state index in [2.05, 4.69) is 28.9 Å². The van der Waals surface area contributed by atoms with E-state index in [4.69, 9.17) is 16.3 Å². The van der Waals surface area contributed by atoms with Crippen molar-refractivity contribution < 1.29 is 9.53 Å². The monoisotopic (exact) mass is 456 g/mol. The van der Waals surface area contributed by atoms with Crippen LogP contribution in [0.25, 0.3) is 0 Å². The maximum atomic E-state index is 12.0. The van der Waals surface area contributed by atoms with Crippen molar-refractivity contribution in [3.8, 4) is 0 Å². The molecule has 2 nitrogen and oxygen atoms in total. The highest BCUT2D eigenvalue weighted by Crippen LogP contribution is 2.30. The largest absolute Gasteiger partial charge is 0.464 e. The molecule has 0 bridgehead atoms. The highest BCUT2D eigenvalue weighted by molar-refractivity contribution is 9.11. The summed E-state index contributed by atoms with van der Waals surface area (Å²) in [4.78, 5) is 13.4. The Morgan fingerprint density at radius 3 is 2.65 bits per heavy atom. The maximum absolute atomic E-state index is 12.0. The molecule has 0 aliphatic carbocycles. The molecule has 2 rings (SSSR count). The van der Waals surface area contributed by atoms with Crippen LogP contribution in [0.4, 0.5) is 0 Å². The molecule has 0 saturated heterocycles. The minimum atomic E-state index is -0.734. The molecule has 0 aliphatic rings. The number of aryl methyl sites for hydroxylation is 2. The van der Waals surface area contributed by atoms with Gasteiger partial charge < -0.3 is 4.74 Å². The van der Waals surface area contributed by atoms with E-state index in [0.29, 0.717) is 6.61 Å². The summed E-state index contributed by atoms with van der Waals surface area (Å²) in [5.74, 6) is -0.373. The lowest BCUT2D eigenvalue weighted by molar-refractivity contribution is -0.143. The summed E-state index contributed by atoms with van der Waals surface area (Å²) in [5, 5.41) is -0.734. The Bertz CT molecular complexity index is 672. The molecule has 142 valence electrons. The van der Waals surface area contributed by atoms with Crippen LogP contribution < -0.4 is 0 Å². The molecule has 1 atom stereocenters. The van der Waals surface area contributed by atoms with E-state index in [1.165, 1.54) is 39.9 Å². The number of unbranched alkanes of at least 4 members (excludes halogenated alkanes) is 3. The molecule has 2 aromatic rings. The number of carbonyl (C=O) groups is 1. The first-order chi connectivity index (χ1) is 12.6. The summed E-state index contributed by atoms with van der Waals surface area (Å²) in [6.07, 6.45) is 7.99. The van der Waals surface area contributed by atoms with Crippen LogP contribution in [0, 0.1) is 0 Å². The number of alkyl halides is 1. The number of benzene rings is 1. The highest BCUT2D eigenvalue weighted by Gasteiger charge is 2.18. The first-order valence-corrected chi connectivity index (χ1v) is 11.3. The molecule has 1 aromatic heterocycles. The van der Waals surface area contributed by atoms with Crippen LogP contribution in [0.3, 0.4) is 0 Å². The van der Waals surface area contributed by atoms with E-state index < -0.39 is 5.38 Å². The van der Waals surface area contributed by atoms with E-state index in [9.17, 15) is 4.79 Å². The Labute approximate surface area is 174 Å². The average molecular weight is 458 g/mol. The lowest BCUT2D eigenvalue weighted by Crippen LogP contribution is -2.12. The Morgan fingerprint density at radius 1 is 1.15 bits per heavy atom. The van der Waals surface area contributed by atoms with Gasteiger partial charge in [0.2, 0.25) is 0 Å². The van der Waals surface area contributed by atoms with Gasteiger partial charge in [0.25, 0.3) is 0 Å². The van der Waals surface area contributed by atoms with E-state index in [1.54, 1.807) is 11.3 Å². The third kappa shape index (κ3) is 7.05. The van der Waals surface area contributed by atoms with Crippen LogP contribution in [0.5, 0.6) is 0 Å². The minimum absolute atomic E-state index is 0.373. The van der Waals surface area contributed by atoms with Crippen LogP contribution in [0.15, 0.2) is 40.2 Å². The summed E-state index contributed by atoms with van der Waals surface area (Å²) < 4.78 is 6.57. The smallest absolute Gasteiger partial charge is 0.328 e. The van der Waals surface area contributed by atoms with Crippen LogP contribution in [-0.2, 0) is 22.4 Å². The Kier molecular flexibility index (Phi) is 9.73. The van der Waals surface area contributed by atoms with E-state index in [-0.39, 0.29) is 5.97 Å². The fraction of sp³-hybridized carbons (Fsp3) is 0.476. The van der Waals surface area contributed by atoms with Gasteiger partial charge in [-0.3, -0.25) is 4.79 Å². The van der Waals surface area contributed by atoms with Crippen LogP contribution in [0.1, 0.15) is 60.4 Å². The number of rotatable bonds is 11. The quantitative estimate of drug-likeness (QED) is 0.204. The number of halogens is 2. The third-order valence-corrected chi connectivity index (χ3v) is 6.67. The van der Waals surface area contributed by atoms with Crippen LogP contribution in [-0.4, -0.2) is 12.6 Å². The molecule has 1 heterocycles. The van der Waals surface area contributed by atoms with E-state index in [0.717, 1.165) is 24.8 Å². The zero-order chi connectivity index (χ0) is 18.8. The lowest BCUT2D eigenvalue weighted by Gasteiger charge is -2.09. The van der Waals surface area contributed by atoms with Gasteiger partial charge in [0, 0.05) is 4.88 Å². The molecule has 1 unspecified atom stereocenters. The van der Waals surface area contributed by atoms with Crippen molar-refractivity contribution in [1.29, 1.82) is 0 Å². The topological polar surface area (TPSA) is 26.3 Å². The second kappa shape index (κ2) is 11.8. The van der Waals surface area contributed by atoms with Crippen LogP contribution in [0.2, 0.25) is 0 Å². The standard InChI is InChI=1S/C21H26BrClO2S/c1-2-3-4-6-12-17-15-18(26-20(17)22)13-9-14-25-21(24)19(23)16-10-7-5-8-11-16/h5,7-8,10-11,15,19H,2-4,6,9,12-14H2,1H3. The molecular formula is C21H26BrClO2S. The molecule has 1 aromatic carbocycles. The van der Waals surface area contributed by atoms with Gasteiger partial charge in [0.15, 0.2) is 5.38 Å². The normalized spacial score (nSPS) is 12.1. The first-order valence-electron chi connectivity index (χ1n) is 9.24. The van der Waals surface area contributed by atoms with Gasteiger partial charge in [0.1, 0.15) is 0 Å². The van der Waals surface area contributed by atoms with Gasteiger partial charge in [-0.2, -0.15) is 0 Å². The molecule has 0 spiro atoms. The van der Waals surface area contributed by atoms with Crippen molar-refractivity contribution >= 4 is 44.8 Å². The number of hydrogen-bond acceptors (Lipinski definition) is 3. The molecular weight excluding hydrogens is 432 g/mol.